The highest BCUT2D eigenvalue weighted by Gasteiger charge is 2.52. The Balaban J connectivity index is 2.47. The van der Waals surface area contributed by atoms with Crippen molar-refractivity contribution in [1.29, 1.82) is 0 Å². The summed E-state index contributed by atoms with van der Waals surface area (Å²) in [5.74, 6) is 0. The molecule has 0 saturated heterocycles. The Morgan fingerprint density at radius 1 is 0.692 bits per heavy atom. The first-order chi connectivity index (χ1) is 12.1. The van der Waals surface area contributed by atoms with Gasteiger partial charge in [0.15, 0.2) is 0 Å². The monoisotopic (exact) mass is 376 g/mol. The van der Waals surface area contributed by atoms with Crippen molar-refractivity contribution in [2.24, 2.45) is 0 Å². The van der Waals surface area contributed by atoms with Gasteiger partial charge in [-0.25, -0.2) is 0 Å². The molecule has 0 saturated carbocycles. The second kappa shape index (κ2) is 6.51. The van der Waals surface area contributed by atoms with E-state index in [1.807, 2.05) is 0 Å². The van der Waals surface area contributed by atoms with E-state index in [9.17, 15) is 0 Å². The number of hydrogen-bond acceptors (Lipinski definition) is 0. The molecular weight excluding hydrogens is 344 g/mol. The predicted molar refractivity (Wildman–Crippen MR) is 121 cm³/mol. The van der Waals surface area contributed by atoms with E-state index in [0.29, 0.717) is 0 Å². The van der Waals surface area contributed by atoms with Gasteiger partial charge in [-0.2, -0.15) is 0 Å². The molecule has 0 radical (unpaired) electrons. The topological polar surface area (TPSA) is 0 Å². The van der Waals surface area contributed by atoms with Gasteiger partial charge in [0.1, 0.15) is 0 Å². The summed E-state index contributed by atoms with van der Waals surface area (Å²) < 4.78 is 0. The Kier molecular flexibility index (Phi) is 4.79. The fraction of sp³-hybridized carbons (Fsp3) is 0.333. The quantitative estimate of drug-likeness (QED) is 0.398. The second-order valence-electron chi connectivity index (χ2n) is 9.62. The van der Waals surface area contributed by atoms with E-state index in [1.165, 1.54) is 16.7 Å². The van der Waals surface area contributed by atoms with Gasteiger partial charge in [0.25, 0.3) is 0 Å². The SMILES string of the molecule is C=C1CC([Si](C)(C)C)=C([Si](C)(C)C)C1(c1ccccc1)c1ccccc1. The van der Waals surface area contributed by atoms with Crippen molar-refractivity contribution in [3.8, 4) is 0 Å². The largest absolute Gasteiger partial charge is 0.0980 e. The first-order valence-electron chi connectivity index (χ1n) is 9.63. The van der Waals surface area contributed by atoms with Gasteiger partial charge < -0.3 is 0 Å². The lowest BCUT2D eigenvalue weighted by Crippen LogP contribution is -2.42. The third-order valence-electron chi connectivity index (χ3n) is 5.67. The third kappa shape index (κ3) is 2.99. The summed E-state index contributed by atoms with van der Waals surface area (Å²) >= 11 is 0. The summed E-state index contributed by atoms with van der Waals surface area (Å²) in [4.78, 5) is 0. The summed E-state index contributed by atoms with van der Waals surface area (Å²) in [6.07, 6.45) is 1.07. The molecule has 3 rings (SSSR count). The lowest BCUT2D eigenvalue weighted by molar-refractivity contribution is 0.754. The third-order valence-corrected chi connectivity index (χ3v) is 10.3. The van der Waals surface area contributed by atoms with Crippen molar-refractivity contribution in [2.75, 3.05) is 0 Å². The zero-order valence-corrected chi connectivity index (χ0v) is 19.2. The molecule has 1 aliphatic carbocycles. The van der Waals surface area contributed by atoms with Crippen molar-refractivity contribution < 1.29 is 0 Å². The molecule has 2 aromatic carbocycles. The lowest BCUT2D eigenvalue weighted by atomic mass is 9.71. The fourth-order valence-corrected chi connectivity index (χ4v) is 11.2. The molecule has 2 heteroatoms. The van der Waals surface area contributed by atoms with Crippen LogP contribution in [-0.4, -0.2) is 16.1 Å². The van der Waals surface area contributed by atoms with E-state index < -0.39 is 16.1 Å². The smallest absolute Gasteiger partial charge is 0.0739 e. The van der Waals surface area contributed by atoms with Crippen LogP contribution < -0.4 is 0 Å². The van der Waals surface area contributed by atoms with Crippen LogP contribution in [0.4, 0.5) is 0 Å². The number of allylic oxidation sites excluding steroid dienone is 3. The van der Waals surface area contributed by atoms with Crippen LogP contribution >= 0.6 is 0 Å². The van der Waals surface area contributed by atoms with Crippen molar-refractivity contribution >= 4 is 16.1 Å². The Labute approximate surface area is 161 Å². The van der Waals surface area contributed by atoms with Crippen molar-refractivity contribution in [2.45, 2.75) is 51.1 Å². The van der Waals surface area contributed by atoms with Crippen LogP contribution in [0.25, 0.3) is 0 Å². The van der Waals surface area contributed by atoms with E-state index >= 15 is 0 Å². The maximum Gasteiger partial charge on any atom is 0.0739 e. The van der Waals surface area contributed by atoms with Gasteiger partial charge in [-0.05, 0) is 17.5 Å². The van der Waals surface area contributed by atoms with Gasteiger partial charge in [0.2, 0.25) is 0 Å². The average Bonchev–Trinajstić information content (AvgIpc) is 2.91. The molecule has 0 spiro atoms. The van der Waals surface area contributed by atoms with E-state index in [1.54, 1.807) is 10.4 Å². The molecule has 0 aromatic heterocycles. The molecule has 2 aromatic rings. The first kappa shape index (κ1) is 19.1. The maximum absolute atomic E-state index is 4.69. The molecule has 0 N–H and O–H groups in total. The van der Waals surface area contributed by atoms with Gasteiger partial charge in [-0.1, -0.05) is 122 Å². The second-order valence-corrected chi connectivity index (χ2v) is 19.7. The van der Waals surface area contributed by atoms with Crippen molar-refractivity contribution in [1.82, 2.24) is 0 Å². The zero-order valence-electron chi connectivity index (χ0n) is 17.2. The summed E-state index contributed by atoms with van der Waals surface area (Å²) in [7, 11) is -3.03. The van der Waals surface area contributed by atoms with Crippen LogP contribution in [0.15, 0.2) is 83.2 Å². The fourth-order valence-electron chi connectivity index (χ4n) is 4.73. The van der Waals surface area contributed by atoms with E-state index in [2.05, 4.69) is 99.9 Å². The van der Waals surface area contributed by atoms with Gasteiger partial charge in [-0.15, -0.1) is 0 Å². The summed E-state index contributed by atoms with van der Waals surface area (Å²) in [6, 6.07) is 22.2. The zero-order chi connectivity index (χ0) is 19.2. The Morgan fingerprint density at radius 3 is 1.46 bits per heavy atom. The van der Waals surface area contributed by atoms with Gasteiger partial charge in [-0.3, -0.25) is 0 Å². The van der Waals surface area contributed by atoms with Crippen molar-refractivity contribution in [3.63, 3.8) is 0 Å². The molecule has 0 atom stereocenters. The highest BCUT2D eigenvalue weighted by molar-refractivity contribution is 6.90. The van der Waals surface area contributed by atoms with Crippen LogP contribution in [0.3, 0.4) is 0 Å². The summed E-state index contributed by atoms with van der Waals surface area (Å²) in [6.45, 7) is 19.7. The minimum atomic E-state index is -1.59. The van der Waals surface area contributed by atoms with Crippen LogP contribution in [0.1, 0.15) is 17.5 Å². The van der Waals surface area contributed by atoms with E-state index in [-0.39, 0.29) is 5.41 Å². The Hall–Kier alpha value is -1.65. The molecule has 0 nitrogen and oxygen atoms in total. The van der Waals surface area contributed by atoms with E-state index in [0.717, 1.165) is 6.42 Å². The highest BCUT2D eigenvalue weighted by atomic mass is 28.3. The molecule has 0 bridgehead atoms. The molecule has 0 fully saturated rings. The highest BCUT2D eigenvalue weighted by Crippen LogP contribution is 2.57. The number of rotatable bonds is 4. The molecule has 0 amide bonds. The summed E-state index contributed by atoms with van der Waals surface area (Å²) in [5.41, 5.74) is 4.00. The van der Waals surface area contributed by atoms with Crippen molar-refractivity contribution in [3.05, 3.63) is 94.3 Å². The molecule has 26 heavy (non-hydrogen) atoms. The normalized spacial score (nSPS) is 17.7. The number of benzene rings is 2. The van der Waals surface area contributed by atoms with Crippen LogP contribution in [-0.2, 0) is 5.41 Å². The molecular formula is C24H32Si2. The Morgan fingerprint density at radius 2 is 1.12 bits per heavy atom. The minimum Gasteiger partial charge on any atom is -0.0980 e. The van der Waals surface area contributed by atoms with E-state index in [4.69, 9.17) is 6.58 Å². The Bertz CT molecular complexity index is 792. The average molecular weight is 377 g/mol. The molecule has 0 heterocycles. The minimum absolute atomic E-state index is 0.150. The van der Waals surface area contributed by atoms with Crippen LogP contribution in [0.2, 0.25) is 39.3 Å². The lowest BCUT2D eigenvalue weighted by Gasteiger charge is -2.41. The molecule has 0 unspecified atom stereocenters. The first-order valence-corrected chi connectivity index (χ1v) is 16.6. The van der Waals surface area contributed by atoms with Crippen LogP contribution in [0.5, 0.6) is 0 Å². The van der Waals surface area contributed by atoms with Gasteiger partial charge >= 0.3 is 0 Å². The standard InChI is InChI=1S/C24H32Si2/c1-19-18-22(25(2,3)4)23(26(5,6)7)24(19,20-14-10-8-11-15-20)21-16-12-9-13-17-21/h8-17H,1,18H2,2-7H3. The van der Waals surface area contributed by atoms with Gasteiger partial charge in [0.05, 0.1) is 21.6 Å². The van der Waals surface area contributed by atoms with Gasteiger partial charge in [0, 0.05) is 0 Å². The molecule has 0 aliphatic heterocycles. The molecule has 136 valence electrons. The van der Waals surface area contributed by atoms with Crippen LogP contribution in [0, 0.1) is 0 Å². The summed E-state index contributed by atoms with van der Waals surface area (Å²) in [5, 5.41) is 3.47. The number of hydrogen-bond donors (Lipinski definition) is 0. The predicted octanol–water partition coefficient (Wildman–Crippen LogP) is 6.98. The maximum atomic E-state index is 4.69. The molecule has 1 aliphatic rings.